The minimum absolute atomic E-state index is 0. The fourth-order valence-electron chi connectivity index (χ4n) is 4.00. The molecule has 0 unspecified atom stereocenters. The van der Waals surface area contributed by atoms with Gasteiger partial charge in [-0.15, -0.1) is 12.4 Å². The molecule has 2 aromatic rings. The fourth-order valence-corrected chi connectivity index (χ4v) is 4.00. The first-order chi connectivity index (χ1) is 13.6. The van der Waals surface area contributed by atoms with Crippen molar-refractivity contribution in [1.29, 1.82) is 0 Å². The third-order valence-electron chi connectivity index (χ3n) is 5.61. The molecule has 2 fully saturated rings. The van der Waals surface area contributed by atoms with Gasteiger partial charge in [0.05, 0.1) is 25.3 Å². The van der Waals surface area contributed by atoms with E-state index in [-0.39, 0.29) is 36.3 Å². The van der Waals surface area contributed by atoms with Crippen LogP contribution in [0.4, 0.5) is 5.69 Å². The van der Waals surface area contributed by atoms with Crippen molar-refractivity contribution in [3.63, 3.8) is 0 Å². The van der Waals surface area contributed by atoms with Crippen molar-refractivity contribution in [2.75, 3.05) is 31.6 Å². The highest BCUT2D eigenvalue weighted by atomic mass is 35.5. The monoisotopic (exact) mass is 420 g/mol. The molecule has 7 nitrogen and oxygen atoms in total. The summed E-state index contributed by atoms with van der Waals surface area (Å²) in [5.74, 6) is 0.950. The molecule has 0 saturated carbocycles. The zero-order valence-corrected chi connectivity index (χ0v) is 17.7. The maximum atomic E-state index is 12.9. The van der Waals surface area contributed by atoms with E-state index < -0.39 is 0 Å². The molecule has 2 N–H and O–H groups in total. The second-order valence-electron chi connectivity index (χ2n) is 7.72. The molecule has 0 radical (unpaired) electrons. The molecule has 2 saturated heterocycles. The van der Waals surface area contributed by atoms with Crippen LogP contribution in [0.3, 0.4) is 0 Å². The van der Waals surface area contributed by atoms with E-state index >= 15 is 0 Å². The Morgan fingerprint density at radius 1 is 1.31 bits per heavy atom. The topological polar surface area (TPSA) is 77.4 Å². The SMILES string of the molecule is Cc1cc(NC(=O)[C@H]2CNC[C@@H]2c2cnn(C)c2)ccc1OC1CCOCC1.Cl. The highest BCUT2D eigenvalue weighted by Gasteiger charge is 2.34. The van der Waals surface area contributed by atoms with Crippen LogP contribution in [0.15, 0.2) is 30.6 Å². The molecule has 3 heterocycles. The Kier molecular flexibility index (Phi) is 7.16. The number of carbonyl (C=O) groups excluding carboxylic acids is 1. The third-order valence-corrected chi connectivity index (χ3v) is 5.61. The van der Waals surface area contributed by atoms with Gasteiger partial charge in [-0.1, -0.05) is 0 Å². The van der Waals surface area contributed by atoms with Crippen molar-refractivity contribution in [1.82, 2.24) is 15.1 Å². The molecule has 1 aromatic heterocycles. The van der Waals surface area contributed by atoms with Gasteiger partial charge in [0.1, 0.15) is 11.9 Å². The van der Waals surface area contributed by atoms with Crippen molar-refractivity contribution >= 4 is 24.0 Å². The lowest BCUT2D eigenvalue weighted by Crippen LogP contribution is -2.28. The molecule has 1 amide bonds. The maximum absolute atomic E-state index is 12.9. The molecule has 2 aliphatic rings. The normalized spacial score (nSPS) is 22.1. The summed E-state index contributed by atoms with van der Waals surface area (Å²) in [7, 11) is 1.90. The minimum atomic E-state index is -0.109. The van der Waals surface area contributed by atoms with Gasteiger partial charge in [-0.3, -0.25) is 9.48 Å². The first-order valence-electron chi connectivity index (χ1n) is 9.95. The number of ether oxygens (including phenoxy) is 2. The number of halogens is 1. The number of aromatic nitrogens is 2. The van der Waals surface area contributed by atoms with Gasteiger partial charge in [0.15, 0.2) is 0 Å². The van der Waals surface area contributed by atoms with Crippen molar-refractivity contribution in [3.05, 3.63) is 41.7 Å². The summed E-state index contributed by atoms with van der Waals surface area (Å²) in [6.45, 7) is 4.99. The van der Waals surface area contributed by atoms with Gasteiger partial charge in [0.2, 0.25) is 5.91 Å². The lowest BCUT2D eigenvalue weighted by Gasteiger charge is -2.24. The van der Waals surface area contributed by atoms with Crippen LogP contribution >= 0.6 is 12.4 Å². The van der Waals surface area contributed by atoms with E-state index in [0.717, 1.165) is 55.2 Å². The van der Waals surface area contributed by atoms with Crippen LogP contribution in [-0.2, 0) is 16.6 Å². The maximum Gasteiger partial charge on any atom is 0.229 e. The Morgan fingerprint density at radius 3 is 2.79 bits per heavy atom. The fraction of sp³-hybridized carbons (Fsp3) is 0.524. The number of carbonyl (C=O) groups is 1. The Labute approximate surface area is 177 Å². The van der Waals surface area contributed by atoms with Crippen LogP contribution < -0.4 is 15.4 Å². The first kappa shape index (κ1) is 21.6. The summed E-state index contributed by atoms with van der Waals surface area (Å²) in [6, 6.07) is 5.85. The zero-order chi connectivity index (χ0) is 19.5. The average molecular weight is 421 g/mol. The smallest absolute Gasteiger partial charge is 0.229 e. The molecule has 158 valence electrons. The van der Waals surface area contributed by atoms with Gasteiger partial charge < -0.3 is 20.1 Å². The average Bonchev–Trinajstić information content (AvgIpc) is 3.33. The van der Waals surface area contributed by atoms with Crippen LogP contribution in [-0.4, -0.2) is 48.1 Å². The highest BCUT2D eigenvalue weighted by Crippen LogP contribution is 2.30. The van der Waals surface area contributed by atoms with E-state index in [1.165, 1.54) is 0 Å². The van der Waals surface area contributed by atoms with Crippen molar-refractivity contribution in [2.45, 2.75) is 31.8 Å². The molecule has 29 heavy (non-hydrogen) atoms. The molecule has 0 aliphatic carbocycles. The van der Waals surface area contributed by atoms with Crippen LogP contribution in [0, 0.1) is 12.8 Å². The van der Waals surface area contributed by atoms with Gasteiger partial charge in [0, 0.05) is 50.8 Å². The largest absolute Gasteiger partial charge is 0.490 e. The molecular weight excluding hydrogens is 392 g/mol. The number of nitrogens with zero attached hydrogens (tertiary/aromatic N) is 2. The minimum Gasteiger partial charge on any atom is -0.490 e. The van der Waals surface area contributed by atoms with Gasteiger partial charge in [-0.2, -0.15) is 5.10 Å². The summed E-state index contributed by atoms with van der Waals surface area (Å²) >= 11 is 0. The van der Waals surface area contributed by atoms with E-state index in [1.54, 1.807) is 4.68 Å². The van der Waals surface area contributed by atoms with Crippen LogP contribution in [0.1, 0.15) is 29.9 Å². The second-order valence-corrected chi connectivity index (χ2v) is 7.72. The highest BCUT2D eigenvalue weighted by molar-refractivity contribution is 5.93. The number of aryl methyl sites for hydroxylation is 2. The third kappa shape index (κ3) is 5.10. The first-order valence-corrected chi connectivity index (χ1v) is 9.95. The molecule has 2 atom stereocenters. The summed E-state index contributed by atoms with van der Waals surface area (Å²) in [5, 5.41) is 10.7. The number of nitrogens with one attached hydrogen (secondary N) is 2. The number of benzene rings is 1. The van der Waals surface area contributed by atoms with E-state index in [4.69, 9.17) is 9.47 Å². The molecule has 8 heteroatoms. The summed E-state index contributed by atoms with van der Waals surface area (Å²) in [6.07, 6.45) is 5.89. The molecule has 2 aliphatic heterocycles. The Hall–Kier alpha value is -2.09. The zero-order valence-electron chi connectivity index (χ0n) is 16.9. The standard InChI is InChI=1S/C21H28N4O3.ClH/c1-14-9-16(3-4-20(14)28-17-5-7-27-8-6-17)24-21(26)19-12-22-11-18(19)15-10-23-25(2)13-15;/h3-4,9-10,13,17-19,22H,5-8,11-12H2,1-2H3,(H,24,26);1H/t18-,19+;/m1./s1. The summed E-state index contributed by atoms with van der Waals surface area (Å²) < 4.78 is 13.3. The van der Waals surface area contributed by atoms with Gasteiger partial charge in [-0.25, -0.2) is 0 Å². The van der Waals surface area contributed by atoms with E-state index in [9.17, 15) is 4.79 Å². The Morgan fingerprint density at radius 2 is 2.10 bits per heavy atom. The van der Waals surface area contributed by atoms with E-state index in [1.807, 2.05) is 44.6 Å². The van der Waals surface area contributed by atoms with Crippen LogP contribution in [0.5, 0.6) is 5.75 Å². The molecule has 1 aromatic carbocycles. The number of hydrogen-bond donors (Lipinski definition) is 2. The van der Waals surface area contributed by atoms with Crippen molar-refractivity contribution < 1.29 is 14.3 Å². The van der Waals surface area contributed by atoms with E-state index in [0.29, 0.717) is 6.54 Å². The van der Waals surface area contributed by atoms with Crippen LogP contribution in [0.2, 0.25) is 0 Å². The quantitative estimate of drug-likeness (QED) is 0.777. The lowest BCUT2D eigenvalue weighted by molar-refractivity contribution is -0.119. The van der Waals surface area contributed by atoms with Crippen molar-refractivity contribution in [3.8, 4) is 5.75 Å². The Balaban J connectivity index is 0.00000240. The van der Waals surface area contributed by atoms with Crippen LogP contribution in [0.25, 0.3) is 0 Å². The number of anilines is 1. The summed E-state index contributed by atoms with van der Waals surface area (Å²) in [5.41, 5.74) is 2.93. The molecule has 4 rings (SSSR count). The summed E-state index contributed by atoms with van der Waals surface area (Å²) in [4.78, 5) is 12.9. The van der Waals surface area contributed by atoms with Gasteiger partial charge >= 0.3 is 0 Å². The van der Waals surface area contributed by atoms with Gasteiger partial charge in [-0.05, 0) is 36.2 Å². The molecule has 0 spiro atoms. The molecule has 0 bridgehead atoms. The second kappa shape index (κ2) is 9.61. The number of amides is 1. The van der Waals surface area contributed by atoms with Gasteiger partial charge in [0.25, 0.3) is 0 Å². The van der Waals surface area contributed by atoms with Crippen molar-refractivity contribution in [2.24, 2.45) is 13.0 Å². The number of hydrogen-bond acceptors (Lipinski definition) is 5. The van der Waals surface area contributed by atoms with E-state index in [2.05, 4.69) is 15.7 Å². The Bertz CT molecular complexity index is 835. The predicted molar refractivity (Wildman–Crippen MR) is 114 cm³/mol. The predicted octanol–water partition coefficient (Wildman–Crippen LogP) is 2.65. The number of rotatable bonds is 5. The lowest BCUT2D eigenvalue weighted by atomic mass is 9.90. The molecular formula is C21H29ClN4O3.